The summed E-state index contributed by atoms with van der Waals surface area (Å²) in [6.45, 7) is 2.01. The SMILES string of the molecule is Cc1cc(N)nn1CCCC(F)(F)F. The van der Waals surface area contributed by atoms with Crippen LogP contribution in [-0.4, -0.2) is 16.0 Å². The molecule has 0 spiro atoms. The van der Waals surface area contributed by atoms with E-state index in [-0.39, 0.29) is 13.0 Å². The van der Waals surface area contributed by atoms with Gasteiger partial charge in [0.15, 0.2) is 0 Å². The van der Waals surface area contributed by atoms with Crippen LogP contribution in [0.25, 0.3) is 0 Å². The third-order valence-electron chi connectivity index (χ3n) is 1.83. The second-order valence-corrected chi connectivity index (χ2v) is 3.15. The molecule has 0 aliphatic carbocycles. The lowest BCUT2D eigenvalue weighted by atomic mass is 10.3. The van der Waals surface area contributed by atoms with Crippen LogP contribution in [0.5, 0.6) is 0 Å². The van der Waals surface area contributed by atoms with Crippen LogP contribution in [0.4, 0.5) is 19.0 Å². The summed E-state index contributed by atoms with van der Waals surface area (Å²) in [4.78, 5) is 0. The molecule has 1 aromatic rings. The minimum atomic E-state index is -4.09. The summed E-state index contributed by atoms with van der Waals surface area (Å²) in [7, 11) is 0. The topological polar surface area (TPSA) is 43.8 Å². The molecule has 0 saturated heterocycles. The number of nitrogens with two attached hydrogens (primary N) is 1. The summed E-state index contributed by atoms with van der Waals surface area (Å²) in [5.41, 5.74) is 6.16. The highest BCUT2D eigenvalue weighted by Crippen LogP contribution is 2.21. The normalized spacial score (nSPS) is 12.0. The van der Waals surface area contributed by atoms with Gasteiger partial charge in [0.05, 0.1) is 0 Å². The monoisotopic (exact) mass is 207 g/mol. The zero-order valence-electron chi connectivity index (χ0n) is 7.80. The van der Waals surface area contributed by atoms with E-state index < -0.39 is 12.6 Å². The number of halogens is 3. The van der Waals surface area contributed by atoms with E-state index in [4.69, 9.17) is 5.73 Å². The van der Waals surface area contributed by atoms with E-state index in [0.29, 0.717) is 5.82 Å². The van der Waals surface area contributed by atoms with Gasteiger partial charge >= 0.3 is 6.18 Å². The van der Waals surface area contributed by atoms with Gasteiger partial charge in [-0.3, -0.25) is 4.68 Å². The largest absolute Gasteiger partial charge is 0.389 e. The average molecular weight is 207 g/mol. The lowest BCUT2D eigenvalue weighted by molar-refractivity contribution is -0.136. The molecule has 14 heavy (non-hydrogen) atoms. The second kappa shape index (κ2) is 3.89. The third-order valence-corrected chi connectivity index (χ3v) is 1.83. The van der Waals surface area contributed by atoms with Gasteiger partial charge in [0.1, 0.15) is 5.82 Å². The number of nitrogens with zero attached hydrogens (tertiary/aromatic N) is 2. The molecule has 80 valence electrons. The van der Waals surface area contributed by atoms with Gasteiger partial charge in [-0.25, -0.2) is 0 Å². The molecule has 0 amide bonds. The van der Waals surface area contributed by atoms with Crippen molar-refractivity contribution in [2.75, 3.05) is 5.73 Å². The Balaban J connectivity index is 2.42. The number of hydrogen-bond acceptors (Lipinski definition) is 2. The molecule has 0 aliphatic heterocycles. The maximum Gasteiger partial charge on any atom is 0.389 e. The van der Waals surface area contributed by atoms with Crippen LogP contribution in [0.1, 0.15) is 18.5 Å². The molecule has 1 heterocycles. The summed E-state index contributed by atoms with van der Waals surface area (Å²) in [6.07, 6.45) is -4.84. The third kappa shape index (κ3) is 3.27. The van der Waals surface area contributed by atoms with Gasteiger partial charge in [0.25, 0.3) is 0 Å². The molecule has 0 unspecified atom stereocenters. The van der Waals surface area contributed by atoms with Crippen LogP contribution < -0.4 is 5.73 Å². The van der Waals surface area contributed by atoms with Crippen molar-refractivity contribution in [3.63, 3.8) is 0 Å². The Morgan fingerprint density at radius 1 is 1.50 bits per heavy atom. The number of alkyl halides is 3. The number of aromatic nitrogens is 2. The maximum atomic E-state index is 11.8. The van der Waals surface area contributed by atoms with Crippen molar-refractivity contribution in [1.29, 1.82) is 0 Å². The predicted molar refractivity (Wildman–Crippen MR) is 46.7 cm³/mol. The Labute approximate surface area is 79.7 Å². The van der Waals surface area contributed by atoms with Crippen molar-refractivity contribution in [3.05, 3.63) is 11.8 Å². The van der Waals surface area contributed by atoms with E-state index in [9.17, 15) is 13.2 Å². The Bertz CT molecular complexity index is 303. The van der Waals surface area contributed by atoms with Crippen molar-refractivity contribution in [1.82, 2.24) is 9.78 Å². The number of rotatable bonds is 3. The zero-order valence-corrected chi connectivity index (χ0v) is 7.80. The first-order valence-electron chi connectivity index (χ1n) is 4.25. The highest BCUT2D eigenvalue weighted by molar-refractivity contribution is 5.28. The first-order valence-corrected chi connectivity index (χ1v) is 4.25. The van der Waals surface area contributed by atoms with Crippen molar-refractivity contribution < 1.29 is 13.2 Å². The first-order chi connectivity index (χ1) is 6.38. The molecule has 0 radical (unpaired) electrons. The maximum absolute atomic E-state index is 11.8. The minimum Gasteiger partial charge on any atom is -0.382 e. The number of aryl methyl sites for hydroxylation is 2. The van der Waals surface area contributed by atoms with Gasteiger partial charge in [-0.05, 0) is 13.3 Å². The lowest BCUT2D eigenvalue weighted by Gasteiger charge is -2.06. The molecule has 0 aromatic carbocycles. The molecule has 0 saturated carbocycles. The van der Waals surface area contributed by atoms with Gasteiger partial charge < -0.3 is 5.73 Å². The summed E-state index contributed by atoms with van der Waals surface area (Å²) < 4.78 is 36.9. The molecule has 2 N–H and O–H groups in total. The average Bonchev–Trinajstić information content (AvgIpc) is 2.27. The van der Waals surface area contributed by atoms with E-state index in [2.05, 4.69) is 5.10 Å². The molecule has 0 atom stereocenters. The quantitative estimate of drug-likeness (QED) is 0.824. The fraction of sp³-hybridized carbons (Fsp3) is 0.625. The standard InChI is InChI=1S/C8H12F3N3/c1-6-5-7(12)13-14(6)4-2-3-8(9,10)11/h5H,2-4H2,1H3,(H2,12,13). The van der Waals surface area contributed by atoms with Gasteiger partial charge in [-0.2, -0.15) is 18.3 Å². The molecular weight excluding hydrogens is 195 g/mol. The van der Waals surface area contributed by atoms with Crippen LogP contribution >= 0.6 is 0 Å². The summed E-state index contributed by atoms with van der Waals surface area (Å²) >= 11 is 0. The van der Waals surface area contributed by atoms with Gasteiger partial charge in [-0.15, -0.1) is 0 Å². The van der Waals surface area contributed by atoms with E-state index in [0.717, 1.165) is 5.69 Å². The van der Waals surface area contributed by atoms with Crippen LogP contribution in [0.2, 0.25) is 0 Å². The molecule has 3 nitrogen and oxygen atoms in total. The molecule has 1 rings (SSSR count). The molecule has 0 fully saturated rings. The van der Waals surface area contributed by atoms with E-state index in [1.54, 1.807) is 13.0 Å². The Morgan fingerprint density at radius 3 is 2.57 bits per heavy atom. The van der Waals surface area contributed by atoms with Crippen LogP contribution in [0, 0.1) is 6.92 Å². The van der Waals surface area contributed by atoms with Crippen LogP contribution in [-0.2, 0) is 6.54 Å². The summed E-state index contributed by atoms with van der Waals surface area (Å²) in [5, 5.41) is 3.86. The predicted octanol–water partition coefficient (Wildman–Crippen LogP) is 2.12. The van der Waals surface area contributed by atoms with E-state index in [1.165, 1.54) is 4.68 Å². The molecule has 6 heteroatoms. The van der Waals surface area contributed by atoms with Gasteiger partial charge in [0, 0.05) is 24.7 Å². The fourth-order valence-electron chi connectivity index (χ4n) is 1.19. The fourth-order valence-corrected chi connectivity index (χ4v) is 1.19. The van der Waals surface area contributed by atoms with Crippen molar-refractivity contribution in [2.45, 2.75) is 32.5 Å². The number of nitrogen functional groups attached to an aromatic ring is 1. The zero-order chi connectivity index (χ0) is 10.8. The Hall–Kier alpha value is -1.20. The number of hydrogen-bond donors (Lipinski definition) is 1. The molecule has 1 aromatic heterocycles. The number of anilines is 1. The minimum absolute atomic E-state index is 0.0332. The van der Waals surface area contributed by atoms with Crippen molar-refractivity contribution >= 4 is 5.82 Å². The second-order valence-electron chi connectivity index (χ2n) is 3.15. The van der Waals surface area contributed by atoms with E-state index >= 15 is 0 Å². The summed E-state index contributed by atoms with van der Waals surface area (Å²) in [5.74, 6) is 0.342. The van der Waals surface area contributed by atoms with Crippen molar-refractivity contribution in [2.24, 2.45) is 0 Å². The lowest BCUT2D eigenvalue weighted by Crippen LogP contribution is -2.10. The Kier molecular flexibility index (Phi) is 3.03. The molecular formula is C8H12F3N3. The van der Waals surface area contributed by atoms with Gasteiger partial charge in [0.2, 0.25) is 0 Å². The highest BCUT2D eigenvalue weighted by atomic mass is 19.4. The Morgan fingerprint density at radius 2 is 2.14 bits per heavy atom. The smallest absolute Gasteiger partial charge is 0.382 e. The van der Waals surface area contributed by atoms with Crippen molar-refractivity contribution in [3.8, 4) is 0 Å². The highest BCUT2D eigenvalue weighted by Gasteiger charge is 2.26. The van der Waals surface area contributed by atoms with E-state index in [1.807, 2.05) is 0 Å². The molecule has 0 bridgehead atoms. The first kappa shape index (κ1) is 10.9. The molecule has 0 aliphatic rings. The van der Waals surface area contributed by atoms with Gasteiger partial charge in [-0.1, -0.05) is 0 Å². The van der Waals surface area contributed by atoms with Crippen LogP contribution in [0.3, 0.4) is 0 Å². The summed E-state index contributed by atoms with van der Waals surface area (Å²) in [6, 6.07) is 1.63. The van der Waals surface area contributed by atoms with Crippen LogP contribution in [0.15, 0.2) is 6.07 Å².